The first kappa shape index (κ1) is 31.3. The van der Waals surface area contributed by atoms with Gasteiger partial charge in [0.2, 0.25) is 5.91 Å². The van der Waals surface area contributed by atoms with Crippen molar-refractivity contribution >= 4 is 38.9 Å². The van der Waals surface area contributed by atoms with Crippen LogP contribution in [0.25, 0.3) is 0 Å². The van der Waals surface area contributed by atoms with Gasteiger partial charge in [0.1, 0.15) is 9.84 Å². The lowest BCUT2D eigenvalue weighted by atomic mass is 9.66. The Hall–Kier alpha value is -1.64. The van der Waals surface area contributed by atoms with Crippen molar-refractivity contribution < 1.29 is 22.7 Å². The molecule has 0 saturated carbocycles. The molecule has 40 heavy (non-hydrogen) atoms. The van der Waals surface area contributed by atoms with Gasteiger partial charge in [0, 0.05) is 33.2 Å². The zero-order valence-electron chi connectivity index (χ0n) is 24.0. The monoisotopic (exact) mass is 609 g/mol. The SMILES string of the molecule is CC[C@@H](CCS(=O)(=O)CC)N1C(=O)[C@@](C)(C[C@@H]2COC(C)(C)O2)CC(c2cccc(Cl)c2)C1c1ccc(Cl)cc1. The van der Waals surface area contributed by atoms with Gasteiger partial charge in [-0.15, -0.1) is 0 Å². The van der Waals surface area contributed by atoms with E-state index < -0.39 is 21.0 Å². The molecule has 2 unspecified atom stereocenters. The maximum Gasteiger partial charge on any atom is 0.229 e. The number of piperidine rings is 1. The van der Waals surface area contributed by atoms with Crippen molar-refractivity contribution in [3.8, 4) is 0 Å². The van der Waals surface area contributed by atoms with E-state index in [1.165, 1.54) is 0 Å². The molecule has 2 aliphatic rings. The average molecular weight is 611 g/mol. The van der Waals surface area contributed by atoms with Crippen LogP contribution in [0.2, 0.25) is 10.0 Å². The molecular formula is C31H41Cl2NO5S. The van der Waals surface area contributed by atoms with E-state index in [2.05, 4.69) is 6.07 Å². The van der Waals surface area contributed by atoms with Crippen molar-refractivity contribution in [2.24, 2.45) is 5.41 Å². The number of carbonyl (C=O) groups is 1. The smallest absolute Gasteiger partial charge is 0.229 e. The van der Waals surface area contributed by atoms with Crippen molar-refractivity contribution in [3.63, 3.8) is 0 Å². The number of likely N-dealkylation sites (tertiary alicyclic amines) is 1. The van der Waals surface area contributed by atoms with Crippen LogP contribution in [0.4, 0.5) is 0 Å². The third-order valence-electron chi connectivity index (χ3n) is 8.40. The van der Waals surface area contributed by atoms with E-state index in [4.69, 9.17) is 32.7 Å². The summed E-state index contributed by atoms with van der Waals surface area (Å²) in [6.07, 6.45) is 1.86. The molecule has 0 N–H and O–H groups in total. The van der Waals surface area contributed by atoms with Gasteiger partial charge in [0.15, 0.2) is 5.79 Å². The molecule has 9 heteroatoms. The van der Waals surface area contributed by atoms with Gasteiger partial charge in [0.25, 0.3) is 0 Å². The highest BCUT2D eigenvalue weighted by Crippen LogP contribution is 2.53. The summed E-state index contributed by atoms with van der Waals surface area (Å²) in [5, 5.41) is 1.25. The summed E-state index contributed by atoms with van der Waals surface area (Å²) >= 11 is 12.8. The summed E-state index contributed by atoms with van der Waals surface area (Å²) in [4.78, 5) is 16.7. The van der Waals surface area contributed by atoms with E-state index in [0.29, 0.717) is 42.3 Å². The van der Waals surface area contributed by atoms with E-state index >= 15 is 0 Å². The molecule has 5 atom stereocenters. The Bertz CT molecular complexity index is 1300. The lowest BCUT2D eigenvalue weighted by Crippen LogP contribution is -2.56. The highest BCUT2D eigenvalue weighted by atomic mass is 35.5. The van der Waals surface area contributed by atoms with Crippen LogP contribution < -0.4 is 0 Å². The Kier molecular flexibility index (Phi) is 9.63. The van der Waals surface area contributed by atoms with Crippen molar-refractivity contribution in [1.82, 2.24) is 4.90 Å². The quantitative estimate of drug-likeness (QED) is 0.285. The van der Waals surface area contributed by atoms with Crippen LogP contribution in [0, 0.1) is 5.41 Å². The number of rotatable bonds is 10. The maximum atomic E-state index is 14.7. The van der Waals surface area contributed by atoms with Gasteiger partial charge in [-0.25, -0.2) is 8.42 Å². The molecule has 2 aromatic carbocycles. The topological polar surface area (TPSA) is 72.9 Å². The molecule has 4 rings (SSSR count). The van der Waals surface area contributed by atoms with Gasteiger partial charge >= 0.3 is 0 Å². The normalized spacial score (nSPS) is 27.6. The van der Waals surface area contributed by atoms with Crippen LogP contribution in [-0.4, -0.2) is 55.3 Å². The molecule has 2 fully saturated rings. The Morgan fingerprint density at radius 2 is 1.73 bits per heavy atom. The third kappa shape index (κ3) is 7.04. The molecular weight excluding hydrogens is 569 g/mol. The fourth-order valence-electron chi connectivity index (χ4n) is 6.34. The minimum Gasteiger partial charge on any atom is -0.348 e. The van der Waals surface area contributed by atoms with Crippen molar-refractivity contribution in [2.45, 2.75) is 90.2 Å². The summed E-state index contributed by atoms with van der Waals surface area (Å²) in [5.41, 5.74) is 1.24. The Balaban J connectivity index is 1.83. The van der Waals surface area contributed by atoms with Gasteiger partial charge in [0.05, 0.1) is 24.5 Å². The van der Waals surface area contributed by atoms with Gasteiger partial charge in [-0.3, -0.25) is 4.79 Å². The van der Waals surface area contributed by atoms with E-state index in [0.717, 1.165) is 11.1 Å². The van der Waals surface area contributed by atoms with Crippen LogP contribution in [0.1, 0.15) is 83.4 Å². The standard InChI is InChI=1S/C31H41Cl2NO5S/c1-6-25(15-16-40(36,37)7-2)34-28(21-11-13-23(32)14-12-21)27(22-9-8-10-24(33)17-22)19-31(5,29(34)35)18-26-20-38-30(3,4)39-26/h8-14,17,25-28H,6-7,15-16,18-20H2,1-5H3/t25-,26+,27?,28?,31-/m0/s1. The first-order chi connectivity index (χ1) is 18.8. The predicted molar refractivity (Wildman–Crippen MR) is 161 cm³/mol. The molecule has 0 spiro atoms. The van der Waals surface area contributed by atoms with Gasteiger partial charge in [-0.05, 0) is 74.9 Å². The number of hydrogen-bond donors (Lipinski definition) is 0. The van der Waals surface area contributed by atoms with E-state index in [9.17, 15) is 13.2 Å². The first-order valence-electron chi connectivity index (χ1n) is 14.1. The number of halogens is 2. The summed E-state index contributed by atoms with van der Waals surface area (Å²) < 4.78 is 37.1. The molecule has 0 aromatic heterocycles. The fourth-order valence-corrected chi connectivity index (χ4v) is 7.58. The number of nitrogens with zero attached hydrogens (tertiary/aromatic N) is 1. The van der Waals surface area contributed by atoms with Gasteiger partial charge in [-0.1, -0.05) is 68.2 Å². The largest absolute Gasteiger partial charge is 0.348 e. The highest BCUT2D eigenvalue weighted by Gasteiger charge is 2.53. The predicted octanol–water partition coefficient (Wildman–Crippen LogP) is 7.20. The molecule has 6 nitrogen and oxygen atoms in total. The zero-order valence-corrected chi connectivity index (χ0v) is 26.4. The highest BCUT2D eigenvalue weighted by molar-refractivity contribution is 7.91. The lowest BCUT2D eigenvalue weighted by Gasteiger charge is -2.52. The van der Waals surface area contributed by atoms with Crippen LogP contribution in [0.3, 0.4) is 0 Å². The number of carbonyl (C=O) groups excluding carboxylic acids is 1. The van der Waals surface area contributed by atoms with Gasteiger partial charge < -0.3 is 14.4 Å². The Labute approximate surface area is 249 Å². The molecule has 2 aromatic rings. The average Bonchev–Trinajstić information content (AvgIpc) is 3.24. The molecule has 2 aliphatic heterocycles. The third-order valence-corrected chi connectivity index (χ3v) is 10.6. The molecule has 0 aliphatic carbocycles. The molecule has 0 radical (unpaired) electrons. The molecule has 1 amide bonds. The number of amides is 1. The lowest BCUT2D eigenvalue weighted by molar-refractivity contribution is -0.163. The number of sulfone groups is 1. The molecule has 220 valence electrons. The van der Waals surface area contributed by atoms with Gasteiger partial charge in [-0.2, -0.15) is 0 Å². The van der Waals surface area contributed by atoms with Crippen LogP contribution in [-0.2, 0) is 24.1 Å². The number of ether oxygens (including phenoxy) is 2. The zero-order chi connectivity index (χ0) is 29.3. The first-order valence-corrected chi connectivity index (χ1v) is 16.7. The molecule has 0 bridgehead atoms. The Morgan fingerprint density at radius 1 is 1.02 bits per heavy atom. The van der Waals surface area contributed by atoms with Crippen molar-refractivity contribution in [3.05, 3.63) is 69.7 Å². The van der Waals surface area contributed by atoms with Crippen molar-refractivity contribution in [2.75, 3.05) is 18.1 Å². The maximum absolute atomic E-state index is 14.7. The summed E-state index contributed by atoms with van der Waals surface area (Å²) in [6, 6.07) is 14.9. The van der Waals surface area contributed by atoms with Crippen molar-refractivity contribution in [1.29, 1.82) is 0 Å². The second kappa shape index (κ2) is 12.3. The molecule has 2 saturated heterocycles. The summed E-state index contributed by atoms with van der Waals surface area (Å²) in [6.45, 7) is 9.89. The summed E-state index contributed by atoms with van der Waals surface area (Å²) in [7, 11) is -3.21. The van der Waals surface area contributed by atoms with Crippen LogP contribution in [0.5, 0.6) is 0 Å². The number of benzene rings is 2. The van der Waals surface area contributed by atoms with Crippen LogP contribution >= 0.6 is 23.2 Å². The number of hydrogen-bond acceptors (Lipinski definition) is 5. The minimum atomic E-state index is -3.21. The minimum absolute atomic E-state index is 0.0137. The van der Waals surface area contributed by atoms with E-state index in [1.54, 1.807) is 6.92 Å². The summed E-state index contributed by atoms with van der Waals surface area (Å²) in [5.74, 6) is -0.660. The van der Waals surface area contributed by atoms with Crippen LogP contribution in [0.15, 0.2) is 48.5 Å². The fraction of sp³-hybridized carbons (Fsp3) is 0.581. The van der Waals surface area contributed by atoms with E-state index in [1.807, 2.05) is 75.1 Å². The second-order valence-corrected chi connectivity index (χ2v) is 15.2. The molecule has 2 heterocycles. The second-order valence-electron chi connectivity index (χ2n) is 11.9. The Morgan fingerprint density at radius 3 is 2.30 bits per heavy atom. The van der Waals surface area contributed by atoms with E-state index in [-0.39, 0.29) is 41.5 Å².